The van der Waals surface area contributed by atoms with Gasteiger partial charge in [-0.3, -0.25) is 0 Å². The van der Waals surface area contributed by atoms with Crippen LogP contribution >= 0.6 is 0 Å². The molecule has 1 N–H and O–H groups in total. The summed E-state index contributed by atoms with van der Waals surface area (Å²) in [4.78, 5) is 4.32. The van der Waals surface area contributed by atoms with E-state index in [9.17, 15) is 5.11 Å². The van der Waals surface area contributed by atoms with Crippen LogP contribution in [-0.2, 0) is 11.3 Å². The predicted molar refractivity (Wildman–Crippen MR) is 70.3 cm³/mol. The van der Waals surface area contributed by atoms with Gasteiger partial charge in [0.15, 0.2) is 0 Å². The van der Waals surface area contributed by atoms with Crippen molar-refractivity contribution in [1.82, 2.24) is 9.55 Å². The number of aliphatic hydroxyl groups excluding tert-OH is 1. The maximum Gasteiger partial charge on any atom is 0.141 e. The van der Waals surface area contributed by atoms with Gasteiger partial charge in [0.2, 0.25) is 0 Å². The molecular formula is C14H24N2O2. The van der Waals surface area contributed by atoms with Crippen molar-refractivity contribution in [2.24, 2.45) is 0 Å². The lowest BCUT2D eigenvalue weighted by atomic mass is 9.87. The second-order valence-electron chi connectivity index (χ2n) is 5.16. The summed E-state index contributed by atoms with van der Waals surface area (Å²) in [5, 5.41) is 10.7. The molecule has 0 aliphatic heterocycles. The Morgan fingerprint density at radius 1 is 1.39 bits per heavy atom. The van der Waals surface area contributed by atoms with E-state index < -0.39 is 11.7 Å². The molecule has 1 heterocycles. The largest absolute Gasteiger partial charge is 0.382 e. The standard InChI is InChI=1S/C14H24N2O2/c1-3-16-11-10-15-13(16)12(17)14(18-2)8-6-4-5-7-9-14/h10-12,17H,3-9H2,1-2H3. The summed E-state index contributed by atoms with van der Waals surface area (Å²) in [6, 6.07) is 0. The van der Waals surface area contributed by atoms with Gasteiger partial charge in [-0.1, -0.05) is 25.7 Å². The number of aliphatic hydroxyl groups is 1. The van der Waals surface area contributed by atoms with Crippen LogP contribution in [0.2, 0.25) is 0 Å². The number of methoxy groups -OCH3 is 1. The molecule has 102 valence electrons. The number of rotatable bonds is 4. The second kappa shape index (κ2) is 5.85. The minimum atomic E-state index is -0.629. The van der Waals surface area contributed by atoms with E-state index in [1.807, 2.05) is 10.8 Å². The predicted octanol–water partition coefficient (Wildman–Crippen LogP) is 2.68. The SMILES string of the molecule is CCn1ccnc1C(O)C1(OC)CCCCCC1. The first-order valence-electron chi connectivity index (χ1n) is 6.98. The summed E-state index contributed by atoms with van der Waals surface area (Å²) in [6.45, 7) is 2.89. The lowest BCUT2D eigenvalue weighted by molar-refractivity contribution is -0.118. The molecule has 0 radical (unpaired) electrons. The van der Waals surface area contributed by atoms with Crippen molar-refractivity contribution in [2.45, 2.75) is 63.7 Å². The highest BCUT2D eigenvalue weighted by molar-refractivity contribution is 5.05. The van der Waals surface area contributed by atoms with Gasteiger partial charge in [-0.15, -0.1) is 0 Å². The van der Waals surface area contributed by atoms with Gasteiger partial charge < -0.3 is 14.4 Å². The molecule has 0 spiro atoms. The van der Waals surface area contributed by atoms with Crippen LogP contribution in [0, 0.1) is 0 Å². The van der Waals surface area contributed by atoms with Crippen LogP contribution in [-0.4, -0.2) is 27.4 Å². The highest BCUT2D eigenvalue weighted by Gasteiger charge is 2.41. The molecule has 4 heteroatoms. The van der Waals surface area contributed by atoms with Gasteiger partial charge in [0, 0.05) is 26.0 Å². The Hall–Kier alpha value is -0.870. The monoisotopic (exact) mass is 252 g/mol. The number of aryl methyl sites for hydroxylation is 1. The van der Waals surface area contributed by atoms with E-state index in [4.69, 9.17) is 4.74 Å². The molecule has 0 bridgehead atoms. The van der Waals surface area contributed by atoms with Crippen LogP contribution in [0.4, 0.5) is 0 Å². The van der Waals surface area contributed by atoms with E-state index in [2.05, 4.69) is 11.9 Å². The Kier molecular flexibility index (Phi) is 4.40. The minimum Gasteiger partial charge on any atom is -0.382 e. The third kappa shape index (κ3) is 2.45. The van der Waals surface area contributed by atoms with Crippen molar-refractivity contribution >= 4 is 0 Å². The smallest absolute Gasteiger partial charge is 0.141 e. The van der Waals surface area contributed by atoms with Crippen LogP contribution in [0.1, 0.15) is 57.4 Å². The molecule has 1 aliphatic rings. The molecule has 1 atom stereocenters. The van der Waals surface area contributed by atoms with Gasteiger partial charge in [-0.2, -0.15) is 0 Å². The summed E-state index contributed by atoms with van der Waals surface area (Å²) in [5.41, 5.74) is -0.450. The zero-order valence-corrected chi connectivity index (χ0v) is 11.4. The van der Waals surface area contributed by atoms with Crippen LogP contribution in [0.5, 0.6) is 0 Å². The first kappa shape index (κ1) is 13.6. The Labute approximate surface area is 109 Å². The molecule has 18 heavy (non-hydrogen) atoms. The van der Waals surface area contributed by atoms with E-state index in [1.54, 1.807) is 13.3 Å². The molecule has 0 aromatic carbocycles. The highest BCUT2D eigenvalue weighted by atomic mass is 16.5. The fourth-order valence-electron chi connectivity index (χ4n) is 2.99. The average Bonchev–Trinajstić information content (AvgIpc) is 2.74. The van der Waals surface area contributed by atoms with Crippen molar-refractivity contribution in [2.75, 3.05) is 7.11 Å². The van der Waals surface area contributed by atoms with Crippen LogP contribution in [0.25, 0.3) is 0 Å². The van der Waals surface area contributed by atoms with Gasteiger partial charge in [0.25, 0.3) is 0 Å². The van der Waals surface area contributed by atoms with E-state index in [0.717, 1.165) is 38.1 Å². The topological polar surface area (TPSA) is 47.3 Å². The van der Waals surface area contributed by atoms with Crippen molar-refractivity contribution < 1.29 is 9.84 Å². The Morgan fingerprint density at radius 3 is 2.61 bits per heavy atom. The minimum absolute atomic E-state index is 0.450. The number of aromatic nitrogens is 2. The van der Waals surface area contributed by atoms with Crippen molar-refractivity contribution in [1.29, 1.82) is 0 Å². The molecule has 0 amide bonds. The van der Waals surface area contributed by atoms with Crippen molar-refractivity contribution in [3.8, 4) is 0 Å². The summed E-state index contributed by atoms with van der Waals surface area (Å²) < 4.78 is 7.74. The van der Waals surface area contributed by atoms with Crippen LogP contribution in [0.3, 0.4) is 0 Å². The molecule has 1 unspecified atom stereocenters. The second-order valence-corrected chi connectivity index (χ2v) is 5.16. The summed E-state index contributed by atoms with van der Waals surface area (Å²) in [6.07, 6.45) is 9.59. The molecule has 1 saturated carbocycles. The normalized spacial score (nSPS) is 21.5. The van der Waals surface area contributed by atoms with Crippen LogP contribution < -0.4 is 0 Å². The Balaban J connectivity index is 2.25. The van der Waals surface area contributed by atoms with E-state index in [1.165, 1.54) is 12.8 Å². The lowest BCUT2D eigenvalue weighted by Gasteiger charge is -2.35. The number of hydrogen-bond donors (Lipinski definition) is 1. The van der Waals surface area contributed by atoms with E-state index >= 15 is 0 Å². The Bertz CT molecular complexity index is 368. The van der Waals surface area contributed by atoms with Crippen LogP contribution in [0.15, 0.2) is 12.4 Å². The van der Waals surface area contributed by atoms with Gasteiger partial charge in [-0.05, 0) is 19.8 Å². The maximum atomic E-state index is 10.7. The van der Waals surface area contributed by atoms with Crippen molar-refractivity contribution in [3.05, 3.63) is 18.2 Å². The first-order chi connectivity index (χ1) is 8.73. The number of ether oxygens (including phenoxy) is 1. The maximum absolute atomic E-state index is 10.7. The molecule has 1 aliphatic carbocycles. The molecular weight excluding hydrogens is 228 g/mol. The third-order valence-corrected chi connectivity index (χ3v) is 4.19. The summed E-state index contributed by atoms with van der Waals surface area (Å²) in [5.74, 6) is 0.737. The van der Waals surface area contributed by atoms with Crippen molar-refractivity contribution in [3.63, 3.8) is 0 Å². The molecule has 1 fully saturated rings. The van der Waals surface area contributed by atoms with Gasteiger partial charge in [0.1, 0.15) is 17.5 Å². The van der Waals surface area contributed by atoms with Gasteiger partial charge in [-0.25, -0.2) is 4.98 Å². The quantitative estimate of drug-likeness (QED) is 0.838. The first-order valence-corrected chi connectivity index (χ1v) is 6.98. The fraction of sp³-hybridized carbons (Fsp3) is 0.786. The molecule has 2 rings (SSSR count). The molecule has 1 aromatic heterocycles. The number of imidazole rings is 1. The molecule has 0 saturated heterocycles. The third-order valence-electron chi connectivity index (χ3n) is 4.19. The van der Waals surface area contributed by atoms with Gasteiger partial charge in [0.05, 0.1) is 0 Å². The average molecular weight is 252 g/mol. The zero-order valence-electron chi connectivity index (χ0n) is 11.4. The molecule has 4 nitrogen and oxygen atoms in total. The Morgan fingerprint density at radius 2 is 2.06 bits per heavy atom. The van der Waals surface area contributed by atoms with E-state index in [0.29, 0.717) is 0 Å². The zero-order chi connectivity index (χ0) is 13.0. The molecule has 1 aromatic rings. The number of hydrogen-bond acceptors (Lipinski definition) is 3. The highest BCUT2D eigenvalue weighted by Crippen LogP contribution is 2.39. The van der Waals surface area contributed by atoms with Gasteiger partial charge >= 0.3 is 0 Å². The fourth-order valence-corrected chi connectivity index (χ4v) is 2.99. The lowest BCUT2D eigenvalue weighted by Crippen LogP contribution is -2.39. The summed E-state index contributed by atoms with van der Waals surface area (Å²) in [7, 11) is 1.72. The number of nitrogens with zero attached hydrogens (tertiary/aromatic N) is 2. The summed E-state index contributed by atoms with van der Waals surface area (Å²) >= 11 is 0. The van der Waals surface area contributed by atoms with E-state index in [-0.39, 0.29) is 0 Å².